The first-order valence-electron chi connectivity index (χ1n) is 6.27. The standard InChI is InChI=1S/C14H15NO2S2/c16-13(10-3-4-10)15-9-14(17,11-5-7-18-8-11)12-2-1-6-19-12/h1-2,5-8,10,17H,3-4,9H2,(H,15,16). The molecule has 2 aromatic rings. The zero-order valence-electron chi connectivity index (χ0n) is 10.3. The molecule has 2 N–H and O–H groups in total. The predicted molar refractivity (Wildman–Crippen MR) is 77.4 cm³/mol. The maximum atomic E-state index is 11.8. The summed E-state index contributed by atoms with van der Waals surface area (Å²) >= 11 is 3.06. The molecule has 3 rings (SSSR count). The highest BCUT2D eigenvalue weighted by atomic mass is 32.1. The van der Waals surface area contributed by atoms with Crippen LogP contribution in [0.15, 0.2) is 34.3 Å². The van der Waals surface area contributed by atoms with Crippen molar-refractivity contribution in [1.82, 2.24) is 5.32 Å². The highest BCUT2D eigenvalue weighted by molar-refractivity contribution is 7.10. The Morgan fingerprint density at radius 3 is 2.84 bits per heavy atom. The third-order valence-electron chi connectivity index (χ3n) is 3.39. The highest BCUT2D eigenvalue weighted by Crippen LogP contribution is 2.34. The summed E-state index contributed by atoms with van der Waals surface area (Å²) in [7, 11) is 0. The van der Waals surface area contributed by atoms with Crippen LogP contribution < -0.4 is 5.32 Å². The molecule has 1 atom stereocenters. The van der Waals surface area contributed by atoms with Crippen LogP contribution in [0.5, 0.6) is 0 Å². The van der Waals surface area contributed by atoms with Crippen LogP contribution in [0.2, 0.25) is 0 Å². The zero-order valence-corrected chi connectivity index (χ0v) is 12.0. The molecular weight excluding hydrogens is 278 g/mol. The second kappa shape index (κ2) is 5.07. The van der Waals surface area contributed by atoms with Gasteiger partial charge in [0.05, 0.1) is 6.54 Å². The van der Waals surface area contributed by atoms with Crippen LogP contribution in [0.25, 0.3) is 0 Å². The van der Waals surface area contributed by atoms with Crippen LogP contribution >= 0.6 is 22.7 Å². The van der Waals surface area contributed by atoms with Crippen LogP contribution in [0.3, 0.4) is 0 Å². The molecule has 1 aliphatic rings. The summed E-state index contributed by atoms with van der Waals surface area (Å²) in [4.78, 5) is 12.6. The van der Waals surface area contributed by atoms with Crippen molar-refractivity contribution in [2.24, 2.45) is 5.92 Å². The Balaban J connectivity index is 1.82. The number of aliphatic hydroxyl groups is 1. The monoisotopic (exact) mass is 293 g/mol. The number of thiophene rings is 2. The number of carbonyl (C=O) groups is 1. The third kappa shape index (κ3) is 2.59. The Labute approximate surface area is 119 Å². The number of hydrogen-bond donors (Lipinski definition) is 2. The summed E-state index contributed by atoms with van der Waals surface area (Å²) in [6, 6.07) is 5.74. The first-order chi connectivity index (χ1) is 9.20. The van der Waals surface area contributed by atoms with E-state index in [0.29, 0.717) is 0 Å². The molecule has 1 aliphatic carbocycles. The van der Waals surface area contributed by atoms with Gasteiger partial charge in [0.25, 0.3) is 0 Å². The highest BCUT2D eigenvalue weighted by Gasteiger charge is 2.36. The van der Waals surface area contributed by atoms with Crippen LogP contribution in [-0.4, -0.2) is 17.6 Å². The molecule has 1 amide bonds. The topological polar surface area (TPSA) is 49.3 Å². The molecule has 1 unspecified atom stereocenters. The van der Waals surface area contributed by atoms with E-state index in [1.165, 1.54) is 11.3 Å². The van der Waals surface area contributed by atoms with E-state index in [1.54, 1.807) is 11.3 Å². The fraction of sp³-hybridized carbons (Fsp3) is 0.357. The number of rotatable bonds is 5. The third-order valence-corrected chi connectivity index (χ3v) is 5.10. The first-order valence-corrected chi connectivity index (χ1v) is 8.09. The molecule has 2 heterocycles. The van der Waals surface area contributed by atoms with Gasteiger partial charge in [0, 0.05) is 16.4 Å². The summed E-state index contributed by atoms with van der Waals surface area (Å²) in [6.45, 7) is 0.236. The van der Waals surface area contributed by atoms with Crippen molar-refractivity contribution in [1.29, 1.82) is 0 Å². The minimum atomic E-state index is -1.11. The van der Waals surface area contributed by atoms with Gasteiger partial charge in [0.1, 0.15) is 5.60 Å². The molecule has 3 nitrogen and oxygen atoms in total. The van der Waals surface area contributed by atoms with Crippen molar-refractivity contribution in [3.63, 3.8) is 0 Å². The van der Waals surface area contributed by atoms with Gasteiger partial charge in [0.15, 0.2) is 0 Å². The summed E-state index contributed by atoms with van der Waals surface area (Å²) < 4.78 is 0. The second-order valence-electron chi connectivity index (χ2n) is 4.84. The van der Waals surface area contributed by atoms with Gasteiger partial charge in [-0.25, -0.2) is 0 Å². The number of amides is 1. The predicted octanol–water partition coefficient (Wildman–Crippen LogP) is 2.57. The van der Waals surface area contributed by atoms with E-state index in [0.717, 1.165) is 23.3 Å². The van der Waals surface area contributed by atoms with Crippen molar-refractivity contribution < 1.29 is 9.90 Å². The molecule has 100 valence electrons. The van der Waals surface area contributed by atoms with Gasteiger partial charge in [-0.1, -0.05) is 6.07 Å². The van der Waals surface area contributed by atoms with Gasteiger partial charge in [-0.15, -0.1) is 11.3 Å². The van der Waals surface area contributed by atoms with E-state index in [4.69, 9.17) is 0 Å². The summed E-state index contributed by atoms with van der Waals surface area (Å²) in [5.41, 5.74) is -0.269. The van der Waals surface area contributed by atoms with Crippen LogP contribution in [0, 0.1) is 5.92 Å². The summed E-state index contributed by atoms with van der Waals surface area (Å²) in [5, 5.41) is 19.7. The van der Waals surface area contributed by atoms with Crippen LogP contribution in [0.1, 0.15) is 23.3 Å². The van der Waals surface area contributed by atoms with Crippen molar-refractivity contribution in [2.75, 3.05) is 6.54 Å². The van der Waals surface area contributed by atoms with Gasteiger partial charge >= 0.3 is 0 Å². The molecular formula is C14H15NO2S2. The summed E-state index contributed by atoms with van der Waals surface area (Å²) in [6.07, 6.45) is 1.95. The van der Waals surface area contributed by atoms with Crippen molar-refractivity contribution >= 4 is 28.6 Å². The Morgan fingerprint density at radius 2 is 2.26 bits per heavy atom. The minimum absolute atomic E-state index is 0.0604. The fourth-order valence-corrected chi connectivity index (χ4v) is 3.62. The van der Waals surface area contributed by atoms with E-state index in [2.05, 4.69) is 5.32 Å². The molecule has 1 saturated carbocycles. The number of hydrogen-bond acceptors (Lipinski definition) is 4. The number of nitrogens with one attached hydrogen (secondary N) is 1. The van der Waals surface area contributed by atoms with Gasteiger partial charge in [0.2, 0.25) is 5.91 Å². The average Bonchev–Trinajstić information content (AvgIpc) is 2.93. The molecule has 2 aromatic heterocycles. The Bertz CT molecular complexity index is 510. The molecule has 0 aromatic carbocycles. The fourth-order valence-electron chi connectivity index (χ4n) is 2.05. The van der Waals surface area contributed by atoms with E-state index < -0.39 is 5.60 Å². The largest absolute Gasteiger partial charge is 0.378 e. The molecule has 1 fully saturated rings. The first kappa shape index (κ1) is 12.8. The lowest BCUT2D eigenvalue weighted by Gasteiger charge is -2.27. The normalized spacial score (nSPS) is 17.9. The van der Waals surface area contributed by atoms with E-state index in [9.17, 15) is 9.90 Å². The van der Waals surface area contributed by atoms with Crippen molar-refractivity contribution in [3.05, 3.63) is 44.8 Å². The van der Waals surface area contributed by atoms with Crippen molar-refractivity contribution in [3.8, 4) is 0 Å². The lowest BCUT2D eigenvalue weighted by molar-refractivity contribution is -0.123. The maximum Gasteiger partial charge on any atom is 0.223 e. The van der Waals surface area contributed by atoms with Crippen molar-refractivity contribution in [2.45, 2.75) is 18.4 Å². The number of carbonyl (C=O) groups excluding carboxylic acids is 1. The smallest absolute Gasteiger partial charge is 0.223 e. The lowest BCUT2D eigenvalue weighted by atomic mass is 9.94. The van der Waals surface area contributed by atoms with Gasteiger partial charge < -0.3 is 10.4 Å². The van der Waals surface area contributed by atoms with E-state index >= 15 is 0 Å². The molecule has 0 radical (unpaired) electrons. The lowest BCUT2D eigenvalue weighted by Crippen LogP contribution is -2.41. The van der Waals surface area contributed by atoms with Gasteiger partial charge in [-0.3, -0.25) is 4.79 Å². The summed E-state index contributed by atoms with van der Waals surface area (Å²) in [5.74, 6) is 0.222. The molecule has 0 saturated heterocycles. The molecule has 0 spiro atoms. The van der Waals surface area contributed by atoms with E-state index in [1.807, 2.05) is 34.3 Å². The Morgan fingerprint density at radius 1 is 1.42 bits per heavy atom. The van der Waals surface area contributed by atoms with Gasteiger partial charge in [-0.2, -0.15) is 11.3 Å². The zero-order chi connectivity index (χ0) is 13.3. The molecule has 0 aliphatic heterocycles. The van der Waals surface area contributed by atoms with Crippen LogP contribution in [0.4, 0.5) is 0 Å². The SMILES string of the molecule is O=C(NCC(O)(c1ccsc1)c1cccs1)C1CC1. The van der Waals surface area contributed by atoms with E-state index in [-0.39, 0.29) is 18.4 Å². The van der Waals surface area contributed by atoms with Crippen LogP contribution in [-0.2, 0) is 10.4 Å². The Kier molecular flexibility index (Phi) is 3.43. The second-order valence-corrected chi connectivity index (χ2v) is 6.57. The molecule has 19 heavy (non-hydrogen) atoms. The maximum absolute atomic E-state index is 11.8. The molecule has 0 bridgehead atoms. The average molecular weight is 293 g/mol. The minimum Gasteiger partial charge on any atom is -0.378 e. The molecule has 5 heteroatoms. The Hall–Kier alpha value is -1.17. The van der Waals surface area contributed by atoms with Gasteiger partial charge in [-0.05, 0) is 41.1 Å². The quantitative estimate of drug-likeness (QED) is 0.890.